The molecule has 0 saturated carbocycles. The fourth-order valence-corrected chi connectivity index (χ4v) is 15.2. The number of phosphoric acid groups is 2. The van der Waals surface area contributed by atoms with Gasteiger partial charge in [-0.1, -0.05) is 421 Å². The van der Waals surface area contributed by atoms with Crippen LogP contribution in [-0.4, -0.2) is 95.9 Å². The number of allylic oxidation sites excluding steroid dienone is 30. The molecule has 0 spiro atoms. The van der Waals surface area contributed by atoms with E-state index < -0.39 is 91.5 Å². The van der Waals surface area contributed by atoms with Crippen molar-refractivity contribution in [3.63, 3.8) is 0 Å². The molecular weight excluding hydrogens is 1600 g/mol. The van der Waals surface area contributed by atoms with Gasteiger partial charge in [0.05, 0.1) is 26.4 Å². The number of phosphoric ester groups is 2. The standard InChI is InChI=1S/C107H182O16P2/c1-4-7-10-13-16-19-22-25-28-31-34-37-40-43-46-48-50-52-55-57-60-63-66-69-72-75-78-81-84-87-90-93-105(110)117-96-102(108)97-119-124(113,114)120-98-103(109)99-121-125(115,116)122-101-104(123-107(112)95-92-89-86-83-80-77-74-71-68-65-62-59-54-45-42-39-36-33-30-27-24-21-18-15-12-9-6-3)100-118-106(111)94-91-88-85-82-79-76-73-70-67-64-61-58-56-53-51-49-47-44-41-38-35-32-29-26-23-20-17-14-11-8-5-2/h7,9-10,12,16-21,25-30,34-39,43-47,50,52,54,102-104,108-109H,4-6,8,11,13-15,22-24,31-33,40-42,48-49,51,53,55-101H2,1-3H3,(H,113,114)(H,115,116)/b10-7-,12-9-,19-16-,20-17-,21-18-,28-25-,29-26-,30-27-,37-34-,38-35-,39-36-,46-43-,47-44-,52-50-,54-45-. The van der Waals surface area contributed by atoms with Gasteiger partial charge in [-0.15, -0.1) is 0 Å². The molecule has 4 N–H and O–H groups in total. The van der Waals surface area contributed by atoms with E-state index in [-0.39, 0.29) is 19.3 Å². The van der Waals surface area contributed by atoms with E-state index in [1.807, 2.05) is 0 Å². The lowest BCUT2D eigenvalue weighted by Gasteiger charge is -2.21. The molecule has 0 aliphatic carbocycles. The molecule has 0 bridgehead atoms. The summed E-state index contributed by atoms with van der Waals surface area (Å²) in [6.07, 6.45) is 129. The van der Waals surface area contributed by atoms with Crippen LogP contribution in [0.15, 0.2) is 182 Å². The summed E-state index contributed by atoms with van der Waals surface area (Å²) >= 11 is 0. The first kappa shape index (κ1) is 120. The zero-order valence-corrected chi connectivity index (χ0v) is 81.0. The molecule has 0 amide bonds. The van der Waals surface area contributed by atoms with Crippen molar-refractivity contribution in [2.45, 2.75) is 437 Å². The first-order valence-electron chi connectivity index (χ1n) is 50.1. The fraction of sp³-hybridized carbons (Fsp3) is 0.692. The Bertz CT molecular complexity index is 3000. The van der Waals surface area contributed by atoms with Crippen molar-refractivity contribution in [2.24, 2.45) is 0 Å². The second-order valence-electron chi connectivity index (χ2n) is 33.2. The Morgan fingerprint density at radius 1 is 0.232 bits per heavy atom. The number of aliphatic hydroxyl groups excluding tert-OH is 2. The number of aliphatic hydroxyl groups is 2. The molecule has 0 fully saturated rings. The second kappa shape index (κ2) is 97.7. The first-order chi connectivity index (χ1) is 61.2. The molecule has 716 valence electrons. The minimum atomic E-state index is -4.95. The number of esters is 3. The van der Waals surface area contributed by atoms with Crippen LogP contribution in [-0.2, 0) is 55.8 Å². The van der Waals surface area contributed by atoms with Gasteiger partial charge >= 0.3 is 33.6 Å². The summed E-state index contributed by atoms with van der Waals surface area (Å²) in [6.45, 7) is 2.48. The van der Waals surface area contributed by atoms with Crippen molar-refractivity contribution < 1.29 is 75.8 Å². The molecular formula is C107H182O16P2. The van der Waals surface area contributed by atoms with Crippen LogP contribution in [0.3, 0.4) is 0 Å². The van der Waals surface area contributed by atoms with Crippen molar-refractivity contribution >= 4 is 33.6 Å². The molecule has 0 aromatic rings. The highest BCUT2D eigenvalue weighted by Crippen LogP contribution is 2.45. The Labute approximate surface area is 764 Å². The average Bonchev–Trinajstić information content (AvgIpc) is 0.901. The van der Waals surface area contributed by atoms with E-state index in [4.69, 9.17) is 32.3 Å². The van der Waals surface area contributed by atoms with Crippen molar-refractivity contribution in [3.8, 4) is 0 Å². The predicted octanol–water partition coefficient (Wildman–Crippen LogP) is 31.6. The van der Waals surface area contributed by atoms with Crippen LogP contribution in [0.25, 0.3) is 0 Å². The molecule has 0 aromatic heterocycles. The Hall–Kier alpha value is -5.35. The molecule has 125 heavy (non-hydrogen) atoms. The maximum atomic E-state index is 13.1. The van der Waals surface area contributed by atoms with Gasteiger partial charge in [0, 0.05) is 19.3 Å². The molecule has 0 radical (unpaired) electrons. The molecule has 0 saturated heterocycles. The Morgan fingerprint density at radius 2 is 0.424 bits per heavy atom. The lowest BCUT2D eigenvalue weighted by atomic mass is 10.0. The van der Waals surface area contributed by atoms with E-state index in [0.717, 1.165) is 167 Å². The highest BCUT2D eigenvalue weighted by atomic mass is 31.2. The molecule has 0 aliphatic heterocycles. The highest BCUT2D eigenvalue weighted by Gasteiger charge is 2.30. The Morgan fingerprint density at radius 3 is 0.672 bits per heavy atom. The summed E-state index contributed by atoms with van der Waals surface area (Å²) in [6, 6.07) is 0. The third-order valence-electron chi connectivity index (χ3n) is 21.1. The zero-order chi connectivity index (χ0) is 90.7. The van der Waals surface area contributed by atoms with Gasteiger partial charge in [-0.2, -0.15) is 0 Å². The van der Waals surface area contributed by atoms with Crippen molar-refractivity contribution in [1.29, 1.82) is 0 Å². The van der Waals surface area contributed by atoms with Crippen molar-refractivity contribution in [2.75, 3.05) is 39.6 Å². The molecule has 0 aliphatic rings. The maximum Gasteiger partial charge on any atom is 0.472 e. The number of ether oxygens (including phenoxy) is 3. The van der Waals surface area contributed by atoms with E-state index in [1.165, 1.54) is 193 Å². The van der Waals surface area contributed by atoms with E-state index in [0.29, 0.717) is 19.3 Å². The van der Waals surface area contributed by atoms with Crippen LogP contribution in [0.4, 0.5) is 0 Å². The summed E-state index contributed by atoms with van der Waals surface area (Å²) in [5, 5.41) is 20.8. The average molecular weight is 1790 g/mol. The van der Waals surface area contributed by atoms with Crippen molar-refractivity contribution in [3.05, 3.63) is 182 Å². The summed E-state index contributed by atoms with van der Waals surface area (Å²) in [5.74, 6) is -1.57. The smallest absolute Gasteiger partial charge is 0.463 e. The molecule has 0 heterocycles. The molecule has 5 atom stereocenters. The van der Waals surface area contributed by atoms with E-state index in [1.54, 1.807) is 0 Å². The van der Waals surface area contributed by atoms with E-state index >= 15 is 0 Å². The predicted molar refractivity (Wildman–Crippen MR) is 528 cm³/mol. The topological polar surface area (TPSA) is 231 Å². The lowest BCUT2D eigenvalue weighted by molar-refractivity contribution is -0.161. The zero-order valence-electron chi connectivity index (χ0n) is 79.2. The molecule has 0 aromatic carbocycles. The third-order valence-corrected chi connectivity index (χ3v) is 23.0. The third kappa shape index (κ3) is 99.1. The number of carbonyl (C=O) groups is 3. The number of hydrogen-bond acceptors (Lipinski definition) is 14. The Kier molecular flexibility index (Phi) is 93.5. The highest BCUT2D eigenvalue weighted by molar-refractivity contribution is 7.47. The quantitative estimate of drug-likeness (QED) is 0.0146. The van der Waals surface area contributed by atoms with Crippen LogP contribution in [0.2, 0.25) is 0 Å². The summed E-state index contributed by atoms with van der Waals surface area (Å²) in [4.78, 5) is 59.2. The van der Waals surface area contributed by atoms with Crippen molar-refractivity contribution in [1.82, 2.24) is 0 Å². The van der Waals surface area contributed by atoms with Gasteiger partial charge in [0.2, 0.25) is 0 Å². The molecule has 16 nitrogen and oxygen atoms in total. The molecule has 18 heteroatoms. The monoisotopic (exact) mass is 1790 g/mol. The van der Waals surface area contributed by atoms with Crippen LogP contribution < -0.4 is 0 Å². The van der Waals surface area contributed by atoms with Gasteiger partial charge in [-0.3, -0.25) is 32.5 Å². The molecule has 5 unspecified atom stereocenters. The van der Waals surface area contributed by atoms with Gasteiger partial charge in [0.15, 0.2) is 6.10 Å². The van der Waals surface area contributed by atoms with Crippen LogP contribution in [0, 0.1) is 0 Å². The largest absolute Gasteiger partial charge is 0.472 e. The maximum absolute atomic E-state index is 13.1. The van der Waals surface area contributed by atoms with E-state index in [9.17, 15) is 43.5 Å². The summed E-state index contributed by atoms with van der Waals surface area (Å²) in [5.41, 5.74) is 0. The van der Waals surface area contributed by atoms with Gasteiger partial charge in [0.25, 0.3) is 0 Å². The normalized spacial score (nSPS) is 14.5. The number of rotatable bonds is 94. The van der Waals surface area contributed by atoms with Crippen LogP contribution in [0.1, 0.15) is 419 Å². The number of carbonyl (C=O) groups excluding carboxylic acids is 3. The summed E-state index contributed by atoms with van der Waals surface area (Å²) < 4.78 is 61.7. The fourth-order valence-electron chi connectivity index (χ4n) is 13.6. The Balaban J connectivity index is 4.64. The van der Waals surface area contributed by atoms with Gasteiger partial charge in [-0.25, -0.2) is 9.13 Å². The second-order valence-corrected chi connectivity index (χ2v) is 36.1. The van der Waals surface area contributed by atoms with Crippen LogP contribution in [0.5, 0.6) is 0 Å². The van der Waals surface area contributed by atoms with Gasteiger partial charge < -0.3 is 34.2 Å². The minimum Gasteiger partial charge on any atom is -0.463 e. The SMILES string of the molecule is CC/C=C\C/C=C\C/C=C\C/C=C\C/C=C\C/C=C\CCCCCCCCCCCCCCC(=O)OCC(O)COP(=O)(O)OCC(O)COP(=O)(O)OCC(COC(=O)CCCCCCCCCCCCCCCCC/C=C\C/C=C\C/C=C\C/C=C\CCCCC)OC(=O)CCCCCCCCCCCCC/C=C\C/C=C\C/C=C\C/C=C\C/C=C\CC. The van der Waals surface area contributed by atoms with Gasteiger partial charge in [0.1, 0.15) is 25.4 Å². The number of hydrogen-bond donors (Lipinski definition) is 4. The lowest BCUT2D eigenvalue weighted by Crippen LogP contribution is -2.30. The molecule has 0 rings (SSSR count). The van der Waals surface area contributed by atoms with Crippen LogP contribution >= 0.6 is 15.6 Å². The minimum absolute atomic E-state index is 0.0969. The number of unbranched alkanes of at least 4 members (excludes halogenated alkanes) is 41. The summed E-state index contributed by atoms with van der Waals surface area (Å²) in [7, 11) is -9.82. The van der Waals surface area contributed by atoms with Gasteiger partial charge in [-0.05, 0) is 161 Å². The first-order valence-corrected chi connectivity index (χ1v) is 53.1. The van der Waals surface area contributed by atoms with E-state index in [2.05, 4.69) is 203 Å².